The van der Waals surface area contributed by atoms with Gasteiger partial charge in [0.1, 0.15) is 6.10 Å². The molecule has 3 N–H and O–H groups in total. The summed E-state index contributed by atoms with van der Waals surface area (Å²) in [5, 5.41) is 20.8. The second-order valence-electron chi connectivity index (χ2n) is 2.52. The molecule has 68 valence electrons. The Balaban J connectivity index is 3.98. The Labute approximate surface area is 67.2 Å². The number of aliphatic hydroxyl groups is 2. The van der Waals surface area contributed by atoms with Crippen molar-refractivity contribution in [2.24, 2.45) is 0 Å². The molecule has 0 aliphatic heterocycles. The van der Waals surface area contributed by atoms with Gasteiger partial charge in [-0.1, -0.05) is 0 Å². The van der Waals surface area contributed by atoms with Crippen LogP contribution in [-0.4, -0.2) is 49.2 Å². The van der Waals surface area contributed by atoms with E-state index in [1.807, 2.05) is 0 Å². The molecule has 3 unspecified atom stereocenters. The van der Waals surface area contributed by atoms with Crippen molar-refractivity contribution < 1.29 is 14.9 Å². The minimum absolute atomic E-state index is 0.0418. The molecule has 4 heteroatoms. The lowest BCUT2D eigenvalue weighted by atomic mass is 10.1. The summed E-state index contributed by atoms with van der Waals surface area (Å²) in [6, 6.07) is -0.208. The lowest BCUT2D eigenvalue weighted by Crippen LogP contribution is -2.47. The summed E-state index contributed by atoms with van der Waals surface area (Å²) in [5.41, 5.74) is 0. The predicted molar refractivity (Wildman–Crippen MR) is 42.4 cm³/mol. The smallest absolute Gasteiger partial charge is 0.100 e. The van der Waals surface area contributed by atoms with E-state index in [9.17, 15) is 0 Å². The Hall–Kier alpha value is -0.160. The van der Waals surface area contributed by atoms with Crippen molar-refractivity contribution in [3.63, 3.8) is 0 Å². The van der Waals surface area contributed by atoms with Crippen molar-refractivity contribution in [1.82, 2.24) is 5.32 Å². The average molecular weight is 163 g/mol. The monoisotopic (exact) mass is 163 g/mol. The molecule has 0 fully saturated rings. The van der Waals surface area contributed by atoms with E-state index in [1.165, 1.54) is 7.11 Å². The van der Waals surface area contributed by atoms with Gasteiger partial charge in [0.25, 0.3) is 0 Å². The molecule has 0 bridgehead atoms. The van der Waals surface area contributed by atoms with Gasteiger partial charge in [0, 0.05) is 7.11 Å². The van der Waals surface area contributed by atoms with E-state index in [0.29, 0.717) is 0 Å². The van der Waals surface area contributed by atoms with Gasteiger partial charge in [0.05, 0.1) is 18.8 Å². The summed E-state index contributed by atoms with van der Waals surface area (Å²) < 4.78 is 4.98. The van der Waals surface area contributed by atoms with E-state index in [1.54, 1.807) is 14.0 Å². The number of likely N-dealkylation sites (N-methyl/N-ethyl adjacent to an activating group) is 1. The first-order valence-corrected chi connectivity index (χ1v) is 3.66. The Morgan fingerprint density at radius 1 is 1.55 bits per heavy atom. The molecule has 0 radical (unpaired) electrons. The highest BCUT2D eigenvalue weighted by molar-refractivity contribution is 4.78. The van der Waals surface area contributed by atoms with E-state index < -0.39 is 6.10 Å². The number of rotatable bonds is 5. The third kappa shape index (κ3) is 3.16. The fourth-order valence-electron chi connectivity index (χ4n) is 1.06. The zero-order valence-electron chi connectivity index (χ0n) is 7.24. The van der Waals surface area contributed by atoms with Crippen molar-refractivity contribution in [1.29, 1.82) is 0 Å². The number of nitrogens with one attached hydrogen (secondary N) is 1. The van der Waals surface area contributed by atoms with Crippen LogP contribution in [0.15, 0.2) is 0 Å². The number of methoxy groups -OCH3 is 1. The van der Waals surface area contributed by atoms with Gasteiger partial charge in [-0.15, -0.1) is 0 Å². The molecule has 4 nitrogen and oxygen atoms in total. The van der Waals surface area contributed by atoms with Crippen LogP contribution in [0.25, 0.3) is 0 Å². The number of ether oxygens (including phenoxy) is 1. The van der Waals surface area contributed by atoms with Crippen LogP contribution in [0.4, 0.5) is 0 Å². The Morgan fingerprint density at radius 2 is 2.09 bits per heavy atom. The van der Waals surface area contributed by atoms with Crippen LogP contribution in [0.1, 0.15) is 6.92 Å². The predicted octanol–water partition coefficient (Wildman–Crippen LogP) is -1.04. The first-order chi connectivity index (χ1) is 5.17. The summed E-state index contributed by atoms with van der Waals surface area (Å²) in [6.07, 6.45) is -0.936. The van der Waals surface area contributed by atoms with Crippen molar-refractivity contribution in [3.8, 4) is 0 Å². The zero-order valence-corrected chi connectivity index (χ0v) is 7.24. The SMILES string of the molecule is CNC(CO)C(OC)C(C)O. The molecule has 0 spiro atoms. The van der Waals surface area contributed by atoms with Crippen LogP contribution >= 0.6 is 0 Å². The molecule has 0 aliphatic carbocycles. The van der Waals surface area contributed by atoms with Gasteiger partial charge < -0.3 is 20.3 Å². The van der Waals surface area contributed by atoms with E-state index in [0.717, 1.165) is 0 Å². The van der Waals surface area contributed by atoms with Crippen LogP contribution in [-0.2, 0) is 4.74 Å². The molecule has 0 aromatic carbocycles. The fraction of sp³-hybridized carbons (Fsp3) is 1.00. The summed E-state index contributed by atoms with van der Waals surface area (Å²) >= 11 is 0. The van der Waals surface area contributed by atoms with Gasteiger partial charge in [-0.3, -0.25) is 0 Å². The zero-order chi connectivity index (χ0) is 8.85. The minimum Gasteiger partial charge on any atom is -0.395 e. The fourth-order valence-corrected chi connectivity index (χ4v) is 1.06. The highest BCUT2D eigenvalue weighted by Gasteiger charge is 2.23. The van der Waals surface area contributed by atoms with E-state index >= 15 is 0 Å². The third-order valence-electron chi connectivity index (χ3n) is 1.71. The van der Waals surface area contributed by atoms with Crippen LogP contribution in [0.3, 0.4) is 0 Å². The molecular formula is C7H17NO3. The molecule has 0 heterocycles. The maximum Gasteiger partial charge on any atom is 0.100 e. The van der Waals surface area contributed by atoms with Crippen LogP contribution in [0.5, 0.6) is 0 Å². The summed E-state index contributed by atoms with van der Waals surface area (Å²) in [4.78, 5) is 0. The van der Waals surface area contributed by atoms with Crippen molar-refractivity contribution in [2.45, 2.75) is 25.2 Å². The molecule has 0 saturated heterocycles. The second-order valence-corrected chi connectivity index (χ2v) is 2.52. The quantitative estimate of drug-likeness (QED) is 0.484. The average Bonchev–Trinajstić information content (AvgIpc) is 1.99. The van der Waals surface area contributed by atoms with Crippen LogP contribution in [0, 0.1) is 0 Å². The van der Waals surface area contributed by atoms with Gasteiger partial charge in [-0.05, 0) is 14.0 Å². The van der Waals surface area contributed by atoms with Crippen molar-refractivity contribution in [2.75, 3.05) is 20.8 Å². The lowest BCUT2D eigenvalue weighted by molar-refractivity contribution is -0.0336. The minimum atomic E-state index is -0.579. The maximum atomic E-state index is 9.17. The molecule has 0 rings (SSSR count). The standard InChI is InChI=1S/C7H17NO3/c1-5(10)7(11-3)6(4-9)8-2/h5-10H,4H2,1-3H3. The number of hydrogen-bond donors (Lipinski definition) is 3. The molecule has 0 saturated carbocycles. The topological polar surface area (TPSA) is 61.7 Å². The molecule has 3 atom stereocenters. The van der Waals surface area contributed by atoms with Crippen LogP contribution < -0.4 is 5.32 Å². The number of aliphatic hydroxyl groups excluding tert-OH is 2. The Bertz CT molecular complexity index is 93.7. The van der Waals surface area contributed by atoms with E-state index in [4.69, 9.17) is 14.9 Å². The Kier molecular flexibility index (Phi) is 5.41. The Morgan fingerprint density at radius 3 is 2.18 bits per heavy atom. The summed E-state index contributed by atoms with van der Waals surface area (Å²) in [6.45, 7) is 1.59. The van der Waals surface area contributed by atoms with E-state index in [-0.39, 0.29) is 18.8 Å². The molecule has 11 heavy (non-hydrogen) atoms. The second kappa shape index (κ2) is 5.49. The van der Waals surface area contributed by atoms with E-state index in [2.05, 4.69) is 5.32 Å². The lowest BCUT2D eigenvalue weighted by Gasteiger charge is -2.25. The van der Waals surface area contributed by atoms with Gasteiger partial charge in [-0.25, -0.2) is 0 Å². The normalized spacial score (nSPS) is 19.4. The highest BCUT2D eigenvalue weighted by Crippen LogP contribution is 2.02. The molecule has 0 aliphatic rings. The van der Waals surface area contributed by atoms with Crippen LogP contribution in [0.2, 0.25) is 0 Å². The first kappa shape index (κ1) is 10.8. The molecule has 0 aromatic rings. The van der Waals surface area contributed by atoms with Gasteiger partial charge in [0.2, 0.25) is 0 Å². The van der Waals surface area contributed by atoms with Gasteiger partial charge in [-0.2, -0.15) is 0 Å². The van der Waals surface area contributed by atoms with Gasteiger partial charge >= 0.3 is 0 Å². The van der Waals surface area contributed by atoms with Gasteiger partial charge in [0.15, 0.2) is 0 Å². The molecular weight excluding hydrogens is 146 g/mol. The highest BCUT2D eigenvalue weighted by atomic mass is 16.5. The summed E-state index contributed by atoms with van der Waals surface area (Å²) in [7, 11) is 3.23. The molecule has 0 aromatic heterocycles. The summed E-state index contributed by atoms with van der Waals surface area (Å²) in [5.74, 6) is 0. The number of hydrogen-bond acceptors (Lipinski definition) is 4. The van der Waals surface area contributed by atoms with Crippen molar-refractivity contribution >= 4 is 0 Å². The van der Waals surface area contributed by atoms with Crippen molar-refractivity contribution in [3.05, 3.63) is 0 Å². The largest absolute Gasteiger partial charge is 0.395 e. The third-order valence-corrected chi connectivity index (χ3v) is 1.71. The maximum absolute atomic E-state index is 9.17. The first-order valence-electron chi connectivity index (χ1n) is 3.66. The molecule has 0 amide bonds.